The van der Waals surface area contributed by atoms with Gasteiger partial charge in [0.1, 0.15) is 0 Å². The highest BCUT2D eigenvalue weighted by atomic mass is 32.1. The maximum atomic E-state index is 5.36. The zero-order chi connectivity index (χ0) is 30.2. The van der Waals surface area contributed by atoms with Crippen LogP contribution in [-0.4, -0.2) is 14.5 Å². The molecule has 0 saturated carbocycles. The molecular formula is C42H25N3S. The van der Waals surface area contributed by atoms with E-state index in [1.54, 1.807) is 0 Å². The molecule has 7 aromatic carbocycles. The molecule has 0 unspecified atom stereocenters. The maximum Gasteiger partial charge on any atom is 0.235 e. The van der Waals surface area contributed by atoms with Gasteiger partial charge in [-0.05, 0) is 40.1 Å². The van der Waals surface area contributed by atoms with Crippen molar-refractivity contribution in [1.82, 2.24) is 14.5 Å². The first-order valence-electron chi connectivity index (χ1n) is 15.5. The fraction of sp³-hybridized carbons (Fsp3) is 0. The molecule has 0 amide bonds. The number of hydrogen-bond acceptors (Lipinski definition) is 3. The van der Waals surface area contributed by atoms with Gasteiger partial charge in [-0.2, -0.15) is 0 Å². The molecule has 0 N–H and O–H groups in total. The molecule has 3 nitrogen and oxygen atoms in total. The summed E-state index contributed by atoms with van der Waals surface area (Å²) in [6.07, 6.45) is 0. The topological polar surface area (TPSA) is 30.7 Å². The largest absolute Gasteiger partial charge is 0.276 e. The van der Waals surface area contributed by atoms with E-state index in [0.717, 1.165) is 33.2 Å². The van der Waals surface area contributed by atoms with Crippen molar-refractivity contribution in [2.45, 2.75) is 0 Å². The number of rotatable bonds is 3. The molecule has 0 saturated heterocycles. The van der Waals surface area contributed by atoms with Crippen LogP contribution in [0.4, 0.5) is 0 Å². The van der Waals surface area contributed by atoms with Crippen molar-refractivity contribution < 1.29 is 0 Å². The summed E-state index contributed by atoms with van der Waals surface area (Å²) >= 11 is 1.87. The Morgan fingerprint density at radius 1 is 0.457 bits per heavy atom. The van der Waals surface area contributed by atoms with Crippen LogP contribution in [-0.2, 0) is 0 Å². The first-order valence-corrected chi connectivity index (χ1v) is 16.3. The van der Waals surface area contributed by atoms with Gasteiger partial charge in [0, 0.05) is 37.2 Å². The number of aromatic nitrogens is 3. The van der Waals surface area contributed by atoms with Gasteiger partial charge >= 0.3 is 0 Å². The van der Waals surface area contributed by atoms with Crippen LogP contribution >= 0.6 is 11.3 Å². The molecule has 10 aromatic rings. The van der Waals surface area contributed by atoms with Crippen LogP contribution in [0.25, 0.3) is 92.0 Å². The average Bonchev–Trinajstić information content (AvgIpc) is 3.68. The van der Waals surface area contributed by atoms with E-state index in [1.165, 1.54) is 52.8 Å². The molecule has 0 radical (unpaired) electrons. The standard InChI is InChI=1S/C42H25N3S/c1-3-13-26(14-4-1)28-23-24-33-36(25-28)46-41-38(33)30-18-8-7-17-29(30)37-32-20-10-12-22-35(32)45(40(37)41)42-43-34-21-11-9-19-31(34)39(44-42)27-15-5-2-6-16-27/h1-25H. The summed E-state index contributed by atoms with van der Waals surface area (Å²) < 4.78 is 4.84. The molecule has 0 aliphatic rings. The Morgan fingerprint density at radius 2 is 1.09 bits per heavy atom. The van der Waals surface area contributed by atoms with Gasteiger partial charge in [0.15, 0.2) is 0 Å². The second-order valence-corrected chi connectivity index (χ2v) is 12.8. The molecule has 10 rings (SSSR count). The summed E-state index contributed by atoms with van der Waals surface area (Å²) in [7, 11) is 0. The van der Waals surface area contributed by atoms with Crippen molar-refractivity contribution in [3.05, 3.63) is 152 Å². The Kier molecular flexibility index (Phi) is 5.45. The second kappa shape index (κ2) is 9.83. The van der Waals surface area contributed by atoms with Crippen LogP contribution in [0.3, 0.4) is 0 Å². The normalized spacial score (nSPS) is 11.9. The molecule has 0 atom stereocenters. The summed E-state index contributed by atoms with van der Waals surface area (Å²) in [6.45, 7) is 0. The van der Waals surface area contributed by atoms with E-state index in [1.807, 2.05) is 17.4 Å². The fourth-order valence-electron chi connectivity index (χ4n) is 7.18. The Morgan fingerprint density at radius 3 is 1.87 bits per heavy atom. The number of para-hydroxylation sites is 2. The lowest BCUT2D eigenvalue weighted by molar-refractivity contribution is 1.02. The number of nitrogens with zero attached hydrogens (tertiary/aromatic N) is 3. The van der Waals surface area contributed by atoms with Crippen molar-refractivity contribution in [3.8, 4) is 28.3 Å². The van der Waals surface area contributed by atoms with E-state index in [9.17, 15) is 0 Å². The van der Waals surface area contributed by atoms with E-state index in [4.69, 9.17) is 9.97 Å². The molecule has 214 valence electrons. The molecule has 0 spiro atoms. The summed E-state index contributed by atoms with van der Waals surface area (Å²) in [4.78, 5) is 10.6. The third-order valence-electron chi connectivity index (χ3n) is 9.19. The zero-order valence-corrected chi connectivity index (χ0v) is 25.5. The quantitative estimate of drug-likeness (QED) is 0.201. The average molecular weight is 604 g/mol. The van der Waals surface area contributed by atoms with E-state index >= 15 is 0 Å². The highest BCUT2D eigenvalue weighted by Crippen LogP contribution is 2.48. The minimum atomic E-state index is 0.683. The van der Waals surface area contributed by atoms with Crippen molar-refractivity contribution in [3.63, 3.8) is 0 Å². The third kappa shape index (κ3) is 3.65. The predicted octanol–water partition coefficient (Wildman–Crippen LogP) is 11.6. The molecule has 46 heavy (non-hydrogen) atoms. The Bertz CT molecular complexity index is 2790. The lowest BCUT2D eigenvalue weighted by atomic mass is 9.98. The van der Waals surface area contributed by atoms with Crippen LogP contribution in [0.1, 0.15) is 0 Å². The van der Waals surface area contributed by atoms with Gasteiger partial charge in [-0.15, -0.1) is 11.3 Å². The van der Waals surface area contributed by atoms with E-state index in [0.29, 0.717) is 5.95 Å². The number of benzene rings is 7. The first-order chi connectivity index (χ1) is 22.8. The minimum absolute atomic E-state index is 0.683. The second-order valence-electron chi connectivity index (χ2n) is 11.8. The Labute approximate surface area is 268 Å². The van der Waals surface area contributed by atoms with Crippen LogP contribution < -0.4 is 0 Å². The molecular weight excluding hydrogens is 579 g/mol. The van der Waals surface area contributed by atoms with Gasteiger partial charge in [0.2, 0.25) is 5.95 Å². The van der Waals surface area contributed by atoms with Gasteiger partial charge in [-0.25, -0.2) is 9.97 Å². The van der Waals surface area contributed by atoms with E-state index in [-0.39, 0.29) is 0 Å². The highest BCUT2D eigenvalue weighted by molar-refractivity contribution is 7.27. The lowest BCUT2D eigenvalue weighted by Crippen LogP contribution is -2.03. The summed E-state index contributed by atoms with van der Waals surface area (Å²) in [6, 6.07) is 53.9. The van der Waals surface area contributed by atoms with Crippen LogP contribution in [0.15, 0.2) is 152 Å². The zero-order valence-electron chi connectivity index (χ0n) is 24.7. The fourth-order valence-corrected chi connectivity index (χ4v) is 8.47. The highest BCUT2D eigenvalue weighted by Gasteiger charge is 2.23. The molecule has 4 heteroatoms. The van der Waals surface area contributed by atoms with Gasteiger partial charge in [-0.3, -0.25) is 4.57 Å². The molecule has 0 fully saturated rings. The summed E-state index contributed by atoms with van der Waals surface area (Å²) in [5.74, 6) is 0.683. The van der Waals surface area contributed by atoms with Crippen LogP contribution in [0, 0.1) is 0 Å². The molecule has 0 aliphatic heterocycles. The third-order valence-corrected chi connectivity index (χ3v) is 10.4. The smallest absolute Gasteiger partial charge is 0.235 e. The predicted molar refractivity (Wildman–Crippen MR) is 195 cm³/mol. The minimum Gasteiger partial charge on any atom is -0.276 e. The van der Waals surface area contributed by atoms with E-state index < -0.39 is 0 Å². The van der Waals surface area contributed by atoms with E-state index in [2.05, 4.69) is 150 Å². The number of fused-ring (bicyclic) bond motifs is 11. The van der Waals surface area contributed by atoms with Crippen molar-refractivity contribution in [2.75, 3.05) is 0 Å². The molecule has 3 aromatic heterocycles. The maximum absolute atomic E-state index is 5.36. The van der Waals surface area contributed by atoms with Crippen molar-refractivity contribution in [1.29, 1.82) is 0 Å². The SMILES string of the molecule is c1ccc(-c2ccc3c(c2)sc2c3c3ccccc3c3c4ccccc4n(-c4nc(-c5ccccc5)c5ccccc5n4)c23)cc1. The van der Waals surface area contributed by atoms with Gasteiger partial charge in [0.25, 0.3) is 0 Å². The Balaban J connectivity index is 1.39. The van der Waals surface area contributed by atoms with Crippen molar-refractivity contribution >= 4 is 75.0 Å². The molecule has 0 aliphatic carbocycles. The summed E-state index contributed by atoms with van der Waals surface area (Å²) in [5, 5.41) is 8.58. The van der Waals surface area contributed by atoms with Gasteiger partial charge in [-0.1, -0.05) is 133 Å². The van der Waals surface area contributed by atoms with Crippen molar-refractivity contribution in [2.24, 2.45) is 0 Å². The summed E-state index contributed by atoms with van der Waals surface area (Å²) in [5.41, 5.74) is 7.66. The van der Waals surface area contributed by atoms with Crippen LogP contribution in [0.5, 0.6) is 0 Å². The molecule has 3 heterocycles. The monoisotopic (exact) mass is 603 g/mol. The number of hydrogen-bond donors (Lipinski definition) is 0. The number of thiophene rings is 1. The first kappa shape index (κ1) is 25.5. The molecule has 0 bridgehead atoms. The van der Waals surface area contributed by atoms with Gasteiger partial charge < -0.3 is 0 Å². The lowest BCUT2D eigenvalue weighted by Gasteiger charge is -2.12. The Hall–Kier alpha value is -5.84. The van der Waals surface area contributed by atoms with Crippen LogP contribution in [0.2, 0.25) is 0 Å². The van der Waals surface area contributed by atoms with Gasteiger partial charge in [0.05, 0.1) is 26.9 Å².